The highest BCUT2D eigenvalue weighted by molar-refractivity contribution is 8.00. The average molecular weight is 742 g/mol. The summed E-state index contributed by atoms with van der Waals surface area (Å²) in [7, 11) is -3.36. The molecular formula is C33H43N9O5S3. The first kappa shape index (κ1) is 35.9. The van der Waals surface area contributed by atoms with Crippen molar-refractivity contribution >= 4 is 67.6 Å². The molecule has 1 atom stereocenters. The summed E-state index contributed by atoms with van der Waals surface area (Å²) in [5.74, 6) is 0.743. The minimum atomic E-state index is -3.36. The van der Waals surface area contributed by atoms with Crippen molar-refractivity contribution in [2.45, 2.75) is 99.1 Å². The molecule has 1 aliphatic carbocycles. The van der Waals surface area contributed by atoms with Crippen LogP contribution in [0.3, 0.4) is 0 Å². The van der Waals surface area contributed by atoms with Crippen LogP contribution in [0.4, 0.5) is 16.4 Å². The first-order valence-corrected chi connectivity index (χ1v) is 20.2. The molecule has 50 heavy (non-hydrogen) atoms. The van der Waals surface area contributed by atoms with E-state index < -0.39 is 15.4 Å². The van der Waals surface area contributed by atoms with Crippen LogP contribution >= 0.6 is 23.1 Å². The molecule has 0 radical (unpaired) electrons. The standard InChI is InChI=1S/C33H43N9O5S3/c1-19-37-31(49-23-12-8-20(9-13-23)39-32(44)47-33(2,3)4)26(48-19)30(43)38-21-7-6-16-41(17-21)29-25-27(34)35-18-36-28(25)42(40-29)22-10-14-24(15-11-22)50(5,45)46/h10-11,14-15,18,20-21,23H,6-9,12-13,16-17H2,1-5H3,(H,38,43)(H,39,44)(H2,34,35,36)/t20?,21-,23?/m1/s1. The maximum absolute atomic E-state index is 13.7. The van der Waals surface area contributed by atoms with Gasteiger partial charge in [-0.2, -0.15) is 0 Å². The van der Waals surface area contributed by atoms with Crippen LogP contribution in [0, 0.1) is 6.92 Å². The molecule has 17 heteroatoms. The summed E-state index contributed by atoms with van der Waals surface area (Å²) in [5, 5.41) is 13.6. The Hall–Kier alpha value is -3.96. The molecule has 0 unspecified atom stereocenters. The van der Waals surface area contributed by atoms with Gasteiger partial charge in [0.2, 0.25) is 0 Å². The van der Waals surface area contributed by atoms with Crippen molar-refractivity contribution in [2.24, 2.45) is 0 Å². The Kier molecular flexibility index (Phi) is 10.3. The summed E-state index contributed by atoms with van der Waals surface area (Å²) in [5.41, 5.74) is 6.96. The van der Waals surface area contributed by atoms with Crippen molar-refractivity contribution in [1.82, 2.24) is 35.4 Å². The number of hydrogen-bond acceptors (Lipinski definition) is 13. The number of benzene rings is 1. The Balaban J connectivity index is 1.12. The van der Waals surface area contributed by atoms with E-state index in [1.165, 1.54) is 36.1 Å². The molecule has 3 aromatic heterocycles. The largest absolute Gasteiger partial charge is 0.444 e. The zero-order valence-corrected chi connectivity index (χ0v) is 31.3. The number of rotatable bonds is 8. The topological polar surface area (TPSA) is 187 Å². The number of nitrogens with two attached hydrogens (primary N) is 1. The number of nitrogens with one attached hydrogen (secondary N) is 2. The van der Waals surface area contributed by atoms with E-state index in [2.05, 4.69) is 25.5 Å². The highest BCUT2D eigenvalue weighted by Crippen LogP contribution is 2.37. The smallest absolute Gasteiger partial charge is 0.407 e. The van der Waals surface area contributed by atoms with Crippen LogP contribution < -0.4 is 21.3 Å². The van der Waals surface area contributed by atoms with Crippen molar-refractivity contribution in [3.8, 4) is 5.69 Å². The van der Waals surface area contributed by atoms with Gasteiger partial charge in [-0.3, -0.25) is 4.79 Å². The molecule has 2 fully saturated rings. The van der Waals surface area contributed by atoms with Crippen LogP contribution in [-0.2, 0) is 14.6 Å². The predicted octanol–water partition coefficient (Wildman–Crippen LogP) is 4.89. The minimum Gasteiger partial charge on any atom is -0.444 e. The number of thioether (sulfide) groups is 1. The van der Waals surface area contributed by atoms with Gasteiger partial charge in [0.1, 0.15) is 33.0 Å². The molecule has 2 aliphatic rings. The molecule has 6 rings (SSSR count). The number of fused-ring (bicyclic) bond motifs is 1. The number of hydrogen-bond donors (Lipinski definition) is 3. The summed E-state index contributed by atoms with van der Waals surface area (Å²) in [6.07, 6.45) is 7.25. The summed E-state index contributed by atoms with van der Waals surface area (Å²) < 4.78 is 31.1. The Morgan fingerprint density at radius 2 is 1.76 bits per heavy atom. The van der Waals surface area contributed by atoms with Crippen LogP contribution in [0.2, 0.25) is 0 Å². The van der Waals surface area contributed by atoms with E-state index in [1.807, 2.05) is 27.7 Å². The molecule has 4 aromatic rings. The zero-order valence-electron chi connectivity index (χ0n) is 28.8. The second kappa shape index (κ2) is 14.3. The molecule has 4 N–H and O–H groups in total. The highest BCUT2D eigenvalue weighted by Gasteiger charge is 2.31. The number of alkyl carbamates (subject to hydrolysis) is 1. The molecule has 0 spiro atoms. The number of anilines is 2. The maximum atomic E-state index is 13.7. The number of aromatic nitrogens is 5. The van der Waals surface area contributed by atoms with Gasteiger partial charge >= 0.3 is 6.09 Å². The molecule has 1 saturated heterocycles. The van der Waals surface area contributed by atoms with E-state index in [-0.39, 0.29) is 34.8 Å². The number of carbonyl (C=O) groups is 2. The fourth-order valence-corrected chi connectivity index (χ4v) is 9.21. The third-order valence-electron chi connectivity index (χ3n) is 8.62. The molecule has 1 aromatic carbocycles. The van der Waals surface area contributed by atoms with Gasteiger partial charge in [-0.25, -0.2) is 32.8 Å². The van der Waals surface area contributed by atoms with Crippen molar-refractivity contribution in [2.75, 3.05) is 30.0 Å². The fourth-order valence-electron chi connectivity index (χ4n) is 6.32. The highest BCUT2D eigenvalue weighted by atomic mass is 32.2. The summed E-state index contributed by atoms with van der Waals surface area (Å²) in [4.78, 5) is 42.3. The Labute approximate surface area is 299 Å². The van der Waals surface area contributed by atoms with Crippen molar-refractivity contribution in [1.29, 1.82) is 0 Å². The van der Waals surface area contributed by atoms with Crippen LogP contribution in [0.1, 0.15) is 74.0 Å². The molecule has 4 heterocycles. The number of aryl methyl sites for hydroxylation is 1. The van der Waals surface area contributed by atoms with Gasteiger partial charge in [-0.15, -0.1) is 28.2 Å². The van der Waals surface area contributed by atoms with Gasteiger partial charge in [-0.05, 0) is 90.5 Å². The fraction of sp³-hybridized carbons (Fsp3) is 0.515. The van der Waals surface area contributed by atoms with Gasteiger partial charge in [0.15, 0.2) is 21.3 Å². The Bertz CT molecular complexity index is 1980. The monoisotopic (exact) mass is 741 g/mol. The number of ether oxygens (including phenoxy) is 1. The molecular weight excluding hydrogens is 699 g/mol. The second-order valence-electron chi connectivity index (χ2n) is 13.8. The predicted molar refractivity (Wildman–Crippen MR) is 195 cm³/mol. The lowest BCUT2D eigenvalue weighted by Gasteiger charge is -2.33. The van der Waals surface area contributed by atoms with Gasteiger partial charge in [0.25, 0.3) is 5.91 Å². The molecule has 268 valence electrons. The van der Waals surface area contributed by atoms with Gasteiger partial charge in [-0.1, -0.05) is 0 Å². The summed E-state index contributed by atoms with van der Waals surface area (Å²) in [6, 6.07) is 6.37. The van der Waals surface area contributed by atoms with E-state index >= 15 is 0 Å². The van der Waals surface area contributed by atoms with E-state index in [4.69, 9.17) is 20.6 Å². The number of piperidine rings is 1. The number of amides is 2. The lowest BCUT2D eigenvalue weighted by molar-refractivity contribution is 0.0493. The minimum absolute atomic E-state index is 0.0711. The van der Waals surface area contributed by atoms with Crippen molar-refractivity contribution in [3.05, 3.63) is 40.5 Å². The lowest BCUT2D eigenvalue weighted by Crippen LogP contribution is -2.48. The van der Waals surface area contributed by atoms with Crippen molar-refractivity contribution in [3.63, 3.8) is 0 Å². The first-order chi connectivity index (χ1) is 23.6. The third-order valence-corrected chi connectivity index (χ3v) is 12.2. The molecule has 14 nitrogen and oxygen atoms in total. The number of nitrogens with zero attached hydrogens (tertiary/aromatic N) is 6. The molecule has 1 saturated carbocycles. The summed E-state index contributed by atoms with van der Waals surface area (Å²) in [6.45, 7) is 8.68. The number of carbonyl (C=O) groups excluding carboxylic acids is 2. The average Bonchev–Trinajstić information content (AvgIpc) is 3.62. The number of thiazole rings is 1. The van der Waals surface area contributed by atoms with Crippen molar-refractivity contribution < 1.29 is 22.7 Å². The van der Waals surface area contributed by atoms with E-state index in [0.717, 1.165) is 48.6 Å². The van der Waals surface area contributed by atoms with Crippen LogP contribution in [0.5, 0.6) is 0 Å². The second-order valence-corrected chi connectivity index (χ2v) is 18.3. The SMILES string of the molecule is Cc1nc(SC2CCC(NC(=O)OC(C)(C)C)CC2)c(C(=O)N[C@@H]2CCCN(c3nn(-c4ccc(S(C)(=O)=O)cc4)c4ncnc(N)c34)C2)s1. The van der Waals surface area contributed by atoms with E-state index in [0.29, 0.717) is 45.8 Å². The first-order valence-electron chi connectivity index (χ1n) is 16.6. The molecule has 0 bridgehead atoms. The van der Waals surface area contributed by atoms with Crippen LogP contribution in [-0.4, -0.2) is 87.4 Å². The normalized spacial score (nSPS) is 20.1. The Morgan fingerprint density at radius 1 is 1.04 bits per heavy atom. The van der Waals surface area contributed by atoms with Crippen LogP contribution in [0.25, 0.3) is 16.7 Å². The lowest BCUT2D eigenvalue weighted by atomic mass is 9.95. The number of sulfone groups is 1. The third kappa shape index (κ3) is 8.32. The Morgan fingerprint density at radius 3 is 2.44 bits per heavy atom. The molecule has 2 amide bonds. The molecule has 1 aliphatic heterocycles. The zero-order chi connectivity index (χ0) is 35.8. The van der Waals surface area contributed by atoms with Crippen LogP contribution in [0.15, 0.2) is 40.5 Å². The van der Waals surface area contributed by atoms with Gasteiger partial charge < -0.3 is 26.0 Å². The quantitative estimate of drug-likeness (QED) is 0.222. The van der Waals surface area contributed by atoms with E-state index in [1.54, 1.807) is 28.6 Å². The maximum Gasteiger partial charge on any atom is 0.407 e. The number of nitrogen functional groups attached to an aromatic ring is 1. The van der Waals surface area contributed by atoms with E-state index in [9.17, 15) is 18.0 Å². The summed E-state index contributed by atoms with van der Waals surface area (Å²) >= 11 is 3.05. The van der Waals surface area contributed by atoms with Gasteiger partial charge in [0, 0.05) is 36.7 Å². The van der Waals surface area contributed by atoms with Gasteiger partial charge in [0.05, 0.1) is 15.6 Å².